The zero-order valence-corrected chi connectivity index (χ0v) is 50.3. The van der Waals surface area contributed by atoms with Crippen molar-refractivity contribution in [2.45, 2.75) is 354 Å². The molecule has 0 aliphatic heterocycles. The van der Waals surface area contributed by atoms with Crippen LogP contribution in [0.4, 0.5) is 0 Å². The normalized spacial score (nSPS) is 12.6. The first-order valence-corrected chi connectivity index (χ1v) is 32.7. The lowest BCUT2D eigenvalue weighted by Crippen LogP contribution is -2.40. The van der Waals surface area contributed by atoms with Crippen LogP contribution in [0, 0.1) is 0 Å². The molecule has 2 atom stereocenters. The van der Waals surface area contributed by atoms with E-state index in [1.165, 1.54) is 276 Å². The molecule has 0 bridgehead atoms. The second-order valence-electron chi connectivity index (χ2n) is 23.8. The van der Waals surface area contributed by atoms with Crippen LogP contribution in [0.1, 0.15) is 341 Å². The van der Waals surface area contributed by atoms with Crippen molar-refractivity contribution in [1.29, 1.82) is 0 Å². The minimum atomic E-state index is -1.50. The molecule has 2 unspecified atom stereocenters. The SMILES string of the molecule is CCCCCCCCCCCCCCCCCCCCCCCCCCCC(=O)OC(COC(=O)CCCCCCCCCCCCCCCCCCCCCCCCCC)COC(OCC[N+](C)(C)C)C(=O)O. The number of rotatable bonds is 62. The Labute approximate surface area is 460 Å². The van der Waals surface area contributed by atoms with Crippen LogP contribution >= 0.6 is 0 Å². The molecule has 9 heteroatoms. The second-order valence-corrected chi connectivity index (χ2v) is 23.8. The van der Waals surface area contributed by atoms with Gasteiger partial charge in [0.1, 0.15) is 13.2 Å². The Morgan fingerprint density at radius 3 is 0.865 bits per heavy atom. The lowest BCUT2D eigenvalue weighted by molar-refractivity contribution is -0.870. The fourth-order valence-electron chi connectivity index (χ4n) is 10.1. The summed E-state index contributed by atoms with van der Waals surface area (Å²) in [6, 6.07) is 0. The Hall–Kier alpha value is -1.71. The minimum absolute atomic E-state index is 0.172. The molecule has 0 amide bonds. The van der Waals surface area contributed by atoms with Gasteiger partial charge in [-0.1, -0.05) is 316 Å². The van der Waals surface area contributed by atoms with Crippen molar-refractivity contribution < 1.29 is 42.9 Å². The van der Waals surface area contributed by atoms with Gasteiger partial charge in [-0.15, -0.1) is 0 Å². The van der Waals surface area contributed by atoms with Crippen LogP contribution < -0.4 is 0 Å². The molecular weight excluding hydrogens is 923 g/mol. The van der Waals surface area contributed by atoms with Crippen LogP contribution in [0.5, 0.6) is 0 Å². The molecule has 0 aromatic carbocycles. The summed E-state index contributed by atoms with van der Waals surface area (Å²) in [5, 5.41) is 9.73. The maximum absolute atomic E-state index is 12.9. The molecule has 0 aromatic heterocycles. The third-order valence-corrected chi connectivity index (χ3v) is 15.1. The number of hydrogen-bond donors (Lipinski definition) is 1. The fraction of sp³-hybridized carbons (Fsp3) is 0.954. The smallest absolute Gasteiger partial charge is 0.361 e. The third-order valence-electron chi connectivity index (χ3n) is 15.1. The van der Waals surface area contributed by atoms with Gasteiger partial charge in [0.25, 0.3) is 6.29 Å². The summed E-state index contributed by atoms with van der Waals surface area (Å²) in [5.41, 5.74) is 0. The Morgan fingerprint density at radius 2 is 0.608 bits per heavy atom. The minimum Gasteiger partial charge on any atom is -0.477 e. The number of unbranched alkanes of at least 4 members (excludes halogenated alkanes) is 47. The molecule has 0 heterocycles. The Balaban J connectivity index is 4.10. The van der Waals surface area contributed by atoms with Crippen molar-refractivity contribution in [2.24, 2.45) is 0 Å². The standard InChI is InChI=1S/C65H127NO8/c1-6-8-10-12-14-16-18-20-22-24-26-28-30-32-34-36-38-40-42-44-46-48-50-52-54-56-63(68)74-61(60-73-65(64(69)70)71-58-57-66(3,4)5)59-72-62(67)55-53-51-49-47-45-43-41-39-37-35-33-31-29-27-25-23-21-19-17-15-13-11-9-7-2/h61,65H,6-60H2,1-5H3/p+1. The van der Waals surface area contributed by atoms with Crippen LogP contribution in [0.15, 0.2) is 0 Å². The lowest BCUT2D eigenvalue weighted by Gasteiger charge is -2.25. The molecule has 0 aliphatic rings. The lowest BCUT2D eigenvalue weighted by atomic mass is 10.0. The highest BCUT2D eigenvalue weighted by molar-refractivity contribution is 5.71. The first-order chi connectivity index (χ1) is 36.1. The van der Waals surface area contributed by atoms with Gasteiger partial charge in [-0.2, -0.15) is 0 Å². The van der Waals surface area contributed by atoms with Crippen LogP contribution in [-0.2, 0) is 33.3 Å². The summed E-state index contributed by atoms with van der Waals surface area (Å²) >= 11 is 0. The van der Waals surface area contributed by atoms with Gasteiger partial charge in [0, 0.05) is 12.8 Å². The average Bonchev–Trinajstić information content (AvgIpc) is 3.37. The maximum atomic E-state index is 12.9. The van der Waals surface area contributed by atoms with Crippen LogP contribution in [-0.4, -0.2) is 87.4 Å². The Kier molecular flexibility index (Phi) is 56.1. The van der Waals surface area contributed by atoms with Crippen molar-refractivity contribution >= 4 is 17.9 Å². The van der Waals surface area contributed by atoms with E-state index in [1.54, 1.807) is 0 Å². The highest BCUT2D eigenvalue weighted by atomic mass is 16.7. The average molecular weight is 1050 g/mol. The third kappa shape index (κ3) is 58.0. The summed E-state index contributed by atoms with van der Waals surface area (Å²) in [7, 11) is 5.99. The number of carbonyl (C=O) groups excluding carboxylic acids is 2. The zero-order chi connectivity index (χ0) is 54.1. The van der Waals surface area contributed by atoms with Gasteiger partial charge in [-0.3, -0.25) is 9.59 Å². The quantitative estimate of drug-likeness (QED) is 0.0278. The summed E-state index contributed by atoms with van der Waals surface area (Å²) in [4.78, 5) is 37.5. The van der Waals surface area contributed by atoms with Gasteiger partial charge < -0.3 is 28.5 Å². The number of carbonyl (C=O) groups is 3. The van der Waals surface area contributed by atoms with Crippen molar-refractivity contribution in [3.05, 3.63) is 0 Å². The van der Waals surface area contributed by atoms with E-state index in [4.69, 9.17) is 18.9 Å². The molecule has 0 fully saturated rings. The van der Waals surface area contributed by atoms with Gasteiger partial charge >= 0.3 is 17.9 Å². The Bertz CT molecular complexity index is 1180. The Morgan fingerprint density at radius 1 is 0.351 bits per heavy atom. The summed E-state index contributed by atoms with van der Waals surface area (Å²) in [6.07, 6.45) is 63.4. The van der Waals surface area contributed by atoms with E-state index in [0.717, 1.165) is 38.5 Å². The predicted molar refractivity (Wildman–Crippen MR) is 314 cm³/mol. The van der Waals surface area contributed by atoms with E-state index in [1.807, 2.05) is 21.1 Å². The molecule has 0 aliphatic carbocycles. The number of aliphatic carboxylic acids is 1. The number of likely N-dealkylation sites (N-methyl/N-ethyl adjacent to an activating group) is 1. The number of nitrogens with zero attached hydrogens (tertiary/aromatic N) is 1. The fourth-order valence-corrected chi connectivity index (χ4v) is 10.1. The van der Waals surface area contributed by atoms with E-state index < -0.39 is 18.4 Å². The summed E-state index contributed by atoms with van der Waals surface area (Å²) in [6.45, 7) is 4.97. The molecule has 0 aromatic rings. The molecule has 0 saturated heterocycles. The van der Waals surface area contributed by atoms with Gasteiger partial charge in [-0.25, -0.2) is 4.79 Å². The van der Waals surface area contributed by atoms with Crippen molar-refractivity contribution in [3.63, 3.8) is 0 Å². The van der Waals surface area contributed by atoms with E-state index in [9.17, 15) is 19.5 Å². The van der Waals surface area contributed by atoms with Crippen molar-refractivity contribution in [1.82, 2.24) is 0 Å². The predicted octanol–water partition coefficient (Wildman–Crippen LogP) is 19.5. The number of esters is 2. The number of quaternary nitrogens is 1. The van der Waals surface area contributed by atoms with E-state index in [2.05, 4.69) is 13.8 Å². The highest BCUT2D eigenvalue weighted by Crippen LogP contribution is 2.19. The first-order valence-electron chi connectivity index (χ1n) is 32.7. The maximum Gasteiger partial charge on any atom is 0.361 e. The van der Waals surface area contributed by atoms with Gasteiger partial charge in [0.15, 0.2) is 6.10 Å². The first kappa shape index (κ1) is 72.3. The van der Waals surface area contributed by atoms with E-state index >= 15 is 0 Å². The zero-order valence-electron chi connectivity index (χ0n) is 50.3. The molecule has 0 spiro atoms. The molecule has 74 heavy (non-hydrogen) atoms. The number of carboxylic acids is 1. The monoisotopic (exact) mass is 1050 g/mol. The summed E-state index contributed by atoms with van der Waals surface area (Å²) in [5.74, 6) is -1.97. The van der Waals surface area contributed by atoms with Crippen LogP contribution in [0.25, 0.3) is 0 Å². The van der Waals surface area contributed by atoms with Crippen LogP contribution in [0.2, 0.25) is 0 Å². The van der Waals surface area contributed by atoms with Gasteiger partial charge in [0.05, 0.1) is 34.4 Å². The van der Waals surface area contributed by atoms with Crippen molar-refractivity contribution in [3.8, 4) is 0 Å². The molecule has 440 valence electrons. The molecule has 1 N–H and O–H groups in total. The molecular formula is C65H128NO8+. The van der Waals surface area contributed by atoms with Gasteiger partial charge in [-0.05, 0) is 12.8 Å². The number of hydrogen-bond acceptors (Lipinski definition) is 7. The second kappa shape index (κ2) is 57.5. The van der Waals surface area contributed by atoms with Crippen LogP contribution in [0.3, 0.4) is 0 Å². The number of carboxylic acid groups (broad SMARTS) is 1. The van der Waals surface area contributed by atoms with E-state index in [0.29, 0.717) is 17.4 Å². The van der Waals surface area contributed by atoms with Crippen molar-refractivity contribution in [2.75, 3.05) is 47.5 Å². The molecule has 0 rings (SSSR count). The molecule has 0 radical (unpaired) electrons. The topological polar surface area (TPSA) is 108 Å². The molecule has 0 saturated carbocycles. The largest absolute Gasteiger partial charge is 0.477 e. The molecule has 9 nitrogen and oxygen atoms in total. The van der Waals surface area contributed by atoms with E-state index in [-0.39, 0.29) is 38.2 Å². The summed E-state index contributed by atoms with van der Waals surface area (Å²) < 4.78 is 23.0. The van der Waals surface area contributed by atoms with Gasteiger partial charge in [0.2, 0.25) is 0 Å². The number of ether oxygens (including phenoxy) is 4. The highest BCUT2D eigenvalue weighted by Gasteiger charge is 2.25.